The molecule has 0 radical (unpaired) electrons. The van der Waals surface area contributed by atoms with Crippen LogP contribution in [0.25, 0.3) is 0 Å². The molecular weight excluding hydrogens is 228 g/mol. The molecule has 1 aliphatic rings. The maximum atomic E-state index is 11.8. The van der Waals surface area contributed by atoms with Crippen molar-refractivity contribution in [3.05, 3.63) is 29.3 Å². The normalized spacial score (nSPS) is 19.4. The summed E-state index contributed by atoms with van der Waals surface area (Å²) in [5.41, 5.74) is 2.13. The van der Waals surface area contributed by atoms with E-state index in [0.717, 1.165) is 24.0 Å². The third-order valence-corrected chi connectivity index (χ3v) is 3.51. The Morgan fingerprint density at radius 3 is 2.89 bits per heavy atom. The van der Waals surface area contributed by atoms with E-state index in [4.69, 9.17) is 0 Å². The van der Waals surface area contributed by atoms with Gasteiger partial charge in [-0.3, -0.25) is 10.1 Å². The molecule has 0 heterocycles. The highest BCUT2D eigenvalue weighted by Gasteiger charge is 2.27. The van der Waals surface area contributed by atoms with Gasteiger partial charge in [-0.25, -0.2) is 0 Å². The molecule has 98 valence electrons. The molecule has 0 saturated carbocycles. The standard InChI is InChI=1S/C14H20N2O2/c1-9(14(18)16(2)3)15-12-8-7-11-10(12)5-4-6-13(11)17/h4-6,9,12,15,17H,7-8H2,1-3H3. The van der Waals surface area contributed by atoms with Gasteiger partial charge < -0.3 is 10.0 Å². The fourth-order valence-electron chi connectivity index (χ4n) is 2.57. The number of aromatic hydroxyl groups is 1. The molecule has 1 aliphatic carbocycles. The molecule has 0 aliphatic heterocycles. The first-order chi connectivity index (χ1) is 8.50. The van der Waals surface area contributed by atoms with E-state index in [2.05, 4.69) is 5.32 Å². The molecule has 0 saturated heterocycles. The number of nitrogens with one attached hydrogen (secondary N) is 1. The van der Waals surface area contributed by atoms with Gasteiger partial charge in [-0.05, 0) is 37.0 Å². The lowest BCUT2D eigenvalue weighted by Crippen LogP contribution is -2.42. The molecule has 18 heavy (non-hydrogen) atoms. The summed E-state index contributed by atoms with van der Waals surface area (Å²) in [7, 11) is 3.52. The Bertz CT molecular complexity index is 457. The summed E-state index contributed by atoms with van der Waals surface area (Å²) < 4.78 is 0. The second-order valence-corrected chi connectivity index (χ2v) is 5.06. The predicted octanol–water partition coefficient (Wildman–Crippen LogP) is 1.45. The summed E-state index contributed by atoms with van der Waals surface area (Å²) in [6.45, 7) is 1.88. The highest BCUT2D eigenvalue weighted by Crippen LogP contribution is 2.36. The van der Waals surface area contributed by atoms with Crippen LogP contribution in [-0.4, -0.2) is 36.1 Å². The predicted molar refractivity (Wildman–Crippen MR) is 70.5 cm³/mol. The van der Waals surface area contributed by atoms with Crippen molar-refractivity contribution in [1.29, 1.82) is 0 Å². The quantitative estimate of drug-likeness (QED) is 0.851. The Morgan fingerprint density at radius 1 is 1.50 bits per heavy atom. The Hall–Kier alpha value is -1.55. The highest BCUT2D eigenvalue weighted by atomic mass is 16.3. The van der Waals surface area contributed by atoms with Gasteiger partial charge in [0.2, 0.25) is 5.91 Å². The van der Waals surface area contributed by atoms with Crippen molar-refractivity contribution in [3.8, 4) is 5.75 Å². The second-order valence-electron chi connectivity index (χ2n) is 5.06. The molecule has 0 aromatic heterocycles. The number of carbonyl (C=O) groups is 1. The molecule has 1 aromatic rings. The van der Waals surface area contributed by atoms with E-state index in [1.165, 1.54) is 0 Å². The minimum atomic E-state index is -0.210. The van der Waals surface area contributed by atoms with Gasteiger partial charge in [-0.1, -0.05) is 12.1 Å². The fraction of sp³-hybridized carbons (Fsp3) is 0.500. The molecule has 4 heteroatoms. The number of amides is 1. The van der Waals surface area contributed by atoms with E-state index in [1.807, 2.05) is 19.1 Å². The first-order valence-corrected chi connectivity index (χ1v) is 6.28. The monoisotopic (exact) mass is 248 g/mol. The summed E-state index contributed by atoms with van der Waals surface area (Å²) in [6.07, 6.45) is 1.79. The Labute approximate surface area is 108 Å². The number of carbonyl (C=O) groups excluding carboxylic acids is 1. The van der Waals surface area contributed by atoms with Crippen molar-refractivity contribution in [2.45, 2.75) is 31.8 Å². The third kappa shape index (κ3) is 2.34. The summed E-state index contributed by atoms with van der Waals surface area (Å²) >= 11 is 0. The number of phenolic OH excluding ortho intramolecular Hbond substituents is 1. The van der Waals surface area contributed by atoms with E-state index in [1.54, 1.807) is 25.1 Å². The van der Waals surface area contributed by atoms with E-state index in [0.29, 0.717) is 5.75 Å². The minimum Gasteiger partial charge on any atom is -0.508 e. The molecule has 2 N–H and O–H groups in total. The van der Waals surface area contributed by atoms with E-state index in [9.17, 15) is 9.90 Å². The van der Waals surface area contributed by atoms with Crippen LogP contribution in [0.5, 0.6) is 5.75 Å². The smallest absolute Gasteiger partial charge is 0.238 e. The lowest BCUT2D eigenvalue weighted by atomic mass is 10.1. The number of fused-ring (bicyclic) bond motifs is 1. The number of benzene rings is 1. The number of nitrogens with zero attached hydrogens (tertiary/aromatic N) is 1. The Morgan fingerprint density at radius 2 is 2.22 bits per heavy atom. The number of likely N-dealkylation sites (N-methyl/N-ethyl adjacent to an activating group) is 1. The molecule has 2 rings (SSSR count). The summed E-state index contributed by atoms with van der Waals surface area (Å²) in [5.74, 6) is 0.437. The Kier molecular flexibility index (Phi) is 3.57. The van der Waals surface area contributed by atoms with Crippen LogP contribution in [-0.2, 0) is 11.2 Å². The van der Waals surface area contributed by atoms with Gasteiger partial charge >= 0.3 is 0 Å². The van der Waals surface area contributed by atoms with Gasteiger partial charge in [0.25, 0.3) is 0 Å². The summed E-state index contributed by atoms with van der Waals surface area (Å²) in [5, 5.41) is 13.1. The molecule has 2 unspecified atom stereocenters. The SMILES string of the molecule is CC(NC1CCc2c(O)cccc21)C(=O)N(C)C. The fourth-order valence-corrected chi connectivity index (χ4v) is 2.57. The largest absolute Gasteiger partial charge is 0.508 e. The molecule has 0 bridgehead atoms. The molecule has 0 fully saturated rings. The zero-order chi connectivity index (χ0) is 13.3. The van der Waals surface area contributed by atoms with Crippen LogP contribution in [0, 0.1) is 0 Å². The second kappa shape index (κ2) is 4.98. The average Bonchev–Trinajstić information content (AvgIpc) is 2.73. The maximum absolute atomic E-state index is 11.8. The molecule has 4 nitrogen and oxygen atoms in total. The molecule has 2 atom stereocenters. The molecule has 1 aromatic carbocycles. The van der Waals surface area contributed by atoms with Crippen LogP contribution in [0.2, 0.25) is 0 Å². The van der Waals surface area contributed by atoms with Crippen LogP contribution in [0.1, 0.15) is 30.5 Å². The van der Waals surface area contributed by atoms with Gasteiger partial charge in [-0.2, -0.15) is 0 Å². The molecule has 1 amide bonds. The molecular formula is C14H20N2O2. The minimum absolute atomic E-state index is 0.0728. The summed E-state index contributed by atoms with van der Waals surface area (Å²) in [4.78, 5) is 13.4. The van der Waals surface area contributed by atoms with Crippen LogP contribution in [0.15, 0.2) is 18.2 Å². The van der Waals surface area contributed by atoms with E-state index in [-0.39, 0.29) is 18.0 Å². The van der Waals surface area contributed by atoms with Gasteiger partial charge in [-0.15, -0.1) is 0 Å². The van der Waals surface area contributed by atoms with Crippen molar-refractivity contribution in [3.63, 3.8) is 0 Å². The van der Waals surface area contributed by atoms with Crippen LogP contribution in [0.3, 0.4) is 0 Å². The number of rotatable bonds is 3. The first-order valence-electron chi connectivity index (χ1n) is 6.28. The number of hydrogen-bond donors (Lipinski definition) is 2. The maximum Gasteiger partial charge on any atom is 0.238 e. The van der Waals surface area contributed by atoms with Crippen molar-refractivity contribution >= 4 is 5.91 Å². The topological polar surface area (TPSA) is 52.6 Å². The van der Waals surface area contributed by atoms with Gasteiger partial charge in [0.05, 0.1) is 6.04 Å². The van der Waals surface area contributed by atoms with Gasteiger partial charge in [0.1, 0.15) is 5.75 Å². The molecule has 0 spiro atoms. The van der Waals surface area contributed by atoms with Crippen LogP contribution in [0.4, 0.5) is 0 Å². The van der Waals surface area contributed by atoms with Crippen LogP contribution < -0.4 is 5.32 Å². The lowest BCUT2D eigenvalue weighted by Gasteiger charge is -2.22. The first kappa shape index (κ1) is 12.9. The van der Waals surface area contributed by atoms with E-state index >= 15 is 0 Å². The zero-order valence-corrected chi connectivity index (χ0v) is 11.1. The van der Waals surface area contributed by atoms with E-state index < -0.39 is 0 Å². The average molecular weight is 248 g/mol. The Balaban J connectivity index is 2.11. The van der Waals surface area contributed by atoms with Crippen molar-refractivity contribution < 1.29 is 9.90 Å². The van der Waals surface area contributed by atoms with Crippen molar-refractivity contribution in [2.75, 3.05) is 14.1 Å². The highest BCUT2D eigenvalue weighted by molar-refractivity contribution is 5.81. The zero-order valence-electron chi connectivity index (χ0n) is 11.1. The number of hydrogen-bond acceptors (Lipinski definition) is 3. The number of phenols is 1. The van der Waals surface area contributed by atoms with Crippen LogP contribution >= 0.6 is 0 Å². The van der Waals surface area contributed by atoms with Crippen molar-refractivity contribution in [1.82, 2.24) is 10.2 Å². The van der Waals surface area contributed by atoms with Gasteiger partial charge in [0, 0.05) is 20.1 Å². The third-order valence-electron chi connectivity index (χ3n) is 3.51. The van der Waals surface area contributed by atoms with Gasteiger partial charge in [0.15, 0.2) is 0 Å². The van der Waals surface area contributed by atoms with Crippen molar-refractivity contribution in [2.24, 2.45) is 0 Å². The lowest BCUT2D eigenvalue weighted by molar-refractivity contribution is -0.130. The summed E-state index contributed by atoms with van der Waals surface area (Å²) in [6, 6.07) is 5.54.